The van der Waals surface area contributed by atoms with E-state index in [2.05, 4.69) is 23.7 Å². The number of hydrogen-bond acceptors (Lipinski definition) is 3. The fourth-order valence-corrected chi connectivity index (χ4v) is 1.97. The van der Waals surface area contributed by atoms with Gasteiger partial charge >= 0.3 is 0 Å². The van der Waals surface area contributed by atoms with Crippen LogP contribution in [0.2, 0.25) is 5.02 Å². The molecule has 0 bridgehead atoms. The van der Waals surface area contributed by atoms with Gasteiger partial charge in [-0.25, -0.2) is 4.98 Å². The monoisotopic (exact) mass is 239 g/mol. The molecule has 1 fully saturated rings. The molecule has 0 spiro atoms. The number of nitrogen functional groups attached to an aromatic ring is 1. The molecule has 88 valence electrons. The number of pyridine rings is 1. The van der Waals surface area contributed by atoms with Gasteiger partial charge in [0.1, 0.15) is 0 Å². The quantitative estimate of drug-likeness (QED) is 0.879. The first-order chi connectivity index (χ1) is 7.58. The molecular formula is C12H18ClN3. The molecule has 3 nitrogen and oxygen atoms in total. The van der Waals surface area contributed by atoms with E-state index in [0.717, 1.165) is 18.3 Å². The van der Waals surface area contributed by atoms with Crippen LogP contribution in [0.15, 0.2) is 12.3 Å². The Bertz CT molecular complexity index is 375. The minimum atomic E-state index is 0.413. The van der Waals surface area contributed by atoms with E-state index in [1.54, 1.807) is 12.3 Å². The number of nitrogens with zero attached hydrogens (tertiary/aromatic N) is 2. The van der Waals surface area contributed by atoms with Crippen LogP contribution in [0, 0.1) is 5.92 Å². The summed E-state index contributed by atoms with van der Waals surface area (Å²) in [6.07, 6.45) is 4.32. The summed E-state index contributed by atoms with van der Waals surface area (Å²) in [6, 6.07) is 2.18. The lowest BCUT2D eigenvalue weighted by Crippen LogP contribution is -2.34. The van der Waals surface area contributed by atoms with Crippen LogP contribution in [0.3, 0.4) is 0 Å². The largest absolute Gasteiger partial charge is 0.396 e. The highest BCUT2D eigenvalue weighted by Crippen LogP contribution is 2.33. The molecule has 0 aliphatic heterocycles. The van der Waals surface area contributed by atoms with Crippen LogP contribution in [0.5, 0.6) is 0 Å². The summed E-state index contributed by atoms with van der Waals surface area (Å²) in [6.45, 7) is 5.38. The Hall–Kier alpha value is -0.960. The van der Waals surface area contributed by atoms with Crippen molar-refractivity contribution in [1.29, 1.82) is 0 Å². The van der Waals surface area contributed by atoms with Gasteiger partial charge in [-0.2, -0.15) is 0 Å². The number of nitrogens with two attached hydrogens (primary N) is 1. The van der Waals surface area contributed by atoms with Gasteiger partial charge < -0.3 is 10.6 Å². The molecule has 2 rings (SSSR count). The maximum atomic E-state index is 5.97. The number of rotatable bonds is 4. The summed E-state index contributed by atoms with van der Waals surface area (Å²) >= 11 is 5.86. The van der Waals surface area contributed by atoms with E-state index in [0.29, 0.717) is 16.8 Å². The van der Waals surface area contributed by atoms with Crippen LogP contribution in [-0.2, 0) is 0 Å². The molecule has 0 atom stereocenters. The highest BCUT2D eigenvalue weighted by molar-refractivity contribution is 6.30. The van der Waals surface area contributed by atoms with E-state index in [4.69, 9.17) is 17.3 Å². The second kappa shape index (κ2) is 4.50. The normalized spacial score (nSPS) is 15.5. The van der Waals surface area contributed by atoms with E-state index < -0.39 is 0 Å². The highest BCUT2D eigenvalue weighted by Gasteiger charge is 2.27. The lowest BCUT2D eigenvalue weighted by molar-refractivity contribution is 0.638. The topological polar surface area (TPSA) is 42.2 Å². The third-order valence-electron chi connectivity index (χ3n) is 2.91. The van der Waals surface area contributed by atoms with E-state index in [1.807, 2.05) is 0 Å². The Morgan fingerprint density at radius 3 is 2.75 bits per heavy atom. The molecule has 1 aromatic rings. The van der Waals surface area contributed by atoms with Crippen LogP contribution < -0.4 is 10.6 Å². The van der Waals surface area contributed by atoms with Crippen molar-refractivity contribution in [3.05, 3.63) is 17.3 Å². The standard InChI is InChI=1S/C12H18ClN3/c1-8(2)16(7-9-3-4-9)12-11(14)5-10(13)6-15-12/h5-6,8-9H,3-4,7,14H2,1-2H3. The molecule has 4 heteroatoms. The molecule has 1 aliphatic rings. The van der Waals surface area contributed by atoms with Crippen molar-refractivity contribution in [1.82, 2.24) is 4.98 Å². The van der Waals surface area contributed by atoms with Gasteiger partial charge in [0.25, 0.3) is 0 Å². The van der Waals surface area contributed by atoms with Crippen LogP contribution in [0.4, 0.5) is 11.5 Å². The molecule has 0 radical (unpaired) electrons. The number of halogens is 1. The minimum absolute atomic E-state index is 0.413. The average molecular weight is 240 g/mol. The Balaban J connectivity index is 2.22. The molecule has 0 aromatic carbocycles. The van der Waals surface area contributed by atoms with E-state index in [-0.39, 0.29) is 0 Å². The Labute approximate surface area is 102 Å². The molecule has 1 saturated carbocycles. The van der Waals surface area contributed by atoms with Crippen molar-refractivity contribution in [3.8, 4) is 0 Å². The third-order valence-corrected chi connectivity index (χ3v) is 3.12. The van der Waals surface area contributed by atoms with E-state index in [1.165, 1.54) is 12.8 Å². The van der Waals surface area contributed by atoms with Crippen LogP contribution in [0.1, 0.15) is 26.7 Å². The molecule has 2 N–H and O–H groups in total. The molecule has 16 heavy (non-hydrogen) atoms. The predicted octanol–water partition coefficient (Wildman–Crippen LogP) is 2.94. The molecule has 0 saturated heterocycles. The first-order valence-corrected chi connectivity index (χ1v) is 6.13. The second-order valence-corrected chi connectivity index (χ2v) is 5.19. The Kier molecular flexibility index (Phi) is 3.24. The zero-order chi connectivity index (χ0) is 11.7. The Morgan fingerprint density at radius 2 is 2.25 bits per heavy atom. The van der Waals surface area contributed by atoms with Crippen molar-refractivity contribution >= 4 is 23.1 Å². The van der Waals surface area contributed by atoms with E-state index >= 15 is 0 Å². The van der Waals surface area contributed by atoms with Crippen LogP contribution in [0.25, 0.3) is 0 Å². The van der Waals surface area contributed by atoms with Crippen LogP contribution in [-0.4, -0.2) is 17.6 Å². The van der Waals surface area contributed by atoms with E-state index in [9.17, 15) is 0 Å². The zero-order valence-corrected chi connectivity index (χ0v) is 10.5. The van der Waals surface area contributed by atoms with Gasteiger partial charge in [0.15, 0.2) is 5.82 Å². The maximum absolute atomic E-state index is 5.97. The second-order valence-electron chi connectivity index (χ2n) is 4.76. The molecule has 1 aromatic heterocycles. The zero-order valence-electron chi connectivity index (χ0n) is 9.78. The van der Waals surface area contributed by atoms with Gasteiger partial charge in [0.05, 0.1) is 10.7 Å². The summed E-state index contributed by atoms with van der Waals surface area (Å²) < 4.78 is 0. The summed E-state index contributed by atoms with van der Waals surface area (Å²) in [7, 11) is 0. The molecule has 0 unspecified atom stereocenters. The van der Waals surface area contributed by atoms with Gasteiger partial charge in [-0.1, -0.05) is 11.6 Å². The van der Waals surface area contributed by atoms with Crippen molar-refractivity contribution < 1.29 is 0 Å². The predicted molar refractivity (Wildman–Crippen MR) is 68.9 cm³/mol. The van der Waals surface area contributed by atoms with Crippen molar-refractivity contribution in [3.63, 3.8) is 0 Å². The maximum Gasteiger partial charge on any atom is 0.152 e. The van der Waals surface area contributed by atoms with Crippen LogP contribution >= 0.6 is 11.6 Å². The van der Waals surface area contributed by atoms with Gasteiger partial charge in [0, 0.05) is 18.8 Å². The first-order valence-electron chi connectivity index (χ1n) is 5.75. The summed E-state index contributed by atoms with van der Waals surface area (Å²) in [5, 5.41) is 0.594. The fourth-order valence-electron chi connectivity index (χ4n) is 1.81. The molecule has 0 amide bonds. The minimum Gasteiger partial charge on any atom is -0.396 e. The van der Waals surface area contributed by atoms with Gasteiger partial charge in [-0.05, 0) is 38.7 Å². The number of aromatic nitrogens is 1. The molecule has 1 aliphatic carbocycles. The summed E-state index contributed by atoms with van der Waals surface area (Å²) in [5.41, 5.74) is 6.64. The van der Waals surface area contributed by atoms with Gasteiger partial charge in [0.2, 0.25) is 0 Å². The first kappa shape index (κ1) is 11.5. The number of hydrogen-bond donors (Lipinski definition) is 1. The highest BCUT2D eigenvalue weighted by atomic mass is 35.5. The fraction of sp³-hybridized carbons (Fsp3) is 0.583. The van der Waals surface area contributed by atoms with Gasteiger partial charge in [-0.3, -0.25) is 0 Å². The third kappa shape index (κ3) is 2.59. The SMILES string of the molecule is CC(C)N(CC1CC1)c1ncc(Cl)cc1N. The molecule has 1 heterocycles. The summed E-state index contributed by atoms with van der Waals surface area (Å²) in [5.74, 6) is 1.69. The average Bonchev–Trinajstić information content (AvgIpc) is 2.98. The lowest BCUT2D eigenvalue weighted by Gasteiger charge is -2.29. The lowest BCUT2D eigenvalue weighted by atomic mass is 10.2. The molecular weight excluding hydrogens is 222 g/mol. The Morgan fingerprint density at radius 1 is 1.56 bits per heavy atom. The van der Waals surface area contributed by atoms with Crippen molar-refractivity contribution in [2.45, 2.75) is 32.7 Å². The van der Waals surface area contributed by atoms with Crippen molar-refractivity contribution in [2.75, 3.05) is 17.2 Å². The van der Waals surface area contributed by atoms with Gasteiger partial charge in [-0.15, -0.1) is 0 Å². The van der Waals surface area contributed by atoms with Crippen molar-refractivity contribution in [2.24, 2.45) is 5.92 Å². The smallest absolute Gasteiger partial charge is 0.152 e. The summed E-state index contributed by atoms with van der Waals surface area (Å²) in [4.78, 5) is 6.62. The number of anilines is 2.